The van der Waals surface area contributed by atoms with Crippen molar-refractivity contribution in [3.8, 4) is 0 Å². The van der Waals surface area contributed by atoms with Crippen LogP contribution in [0.5, 0.6) is 0 Å². The van der Waals surface area contributed by atoms with Gasteiger partial charge in [0.1, 0.15) is 0 Å². The molecule has 1 atom stereocenters. The molecular formula is C10H13FN4O3S. The number of carbonyl (C=O) groups excluding carboxylic acids is 1. The molecule has 1 unspecified atom stereocenters. The van der Waals surface area contributed by atoms with Gasteiger partial charge in [0.15, 0.2) is 21.5 Å². The highest BCUT2D eigenvalue weighted by molar-refractivity contribution is 7.91. The summed E-state index contributed by atoms with van der Waals surface area (Å²) in [7, 11) is -3.10. The maximum Gasteiger partial charge on any atom is 0.254 e. The van der Waals surface area contributed by atoms with Crippen LogP contribution in [-0.2, 0) is 9.84 Å². The molecule has 9 heteroatoms. The first kappa shape index (κ1) is 13.7. The lowest BCUT2D eigenvalue weighted by atomic mass is 10.2. The van der Waals surface area contributed by atoms with Gasteiger partial charge in [0.2, 0.25) is 0 Å². The van der Waals surface area contributed by atoms with Gasteiger partial charge >= 0.3 is 0 Å². The summed E-state index contributed by atoms with van der Waals surface area (Å²) in [6, 6.07) is 0.717. The number of nitrogens with one attached hydrogen (secondary N) is 2. The zero-order valence-corrected chi connectivity index (χ0v) is 10.7. The molecule has 7 nitrogen and oxygen atoms in total. The fourth-order valence-electron chi connectivity index (χ4n) is 1.89. The third-order valence-electron chi connectivity index (χ3n) is 2.84. The maximum atomic E-state index is 13.8. The fourth-order valence-corrected chi connectivity index (χ4v) is 3.57. The number of nitrogen functional groups attached to an aromatic ring is 1. The molecule has 0 aromatic carbocycles. The number of hydrazine groups is 1. The molecule has 0 spiro atoms. The highest BCUT2D eigenvalue weighted by Gasteiger charge is 2.29. The maximum absolute atomic E-state index is 13.8. The average Bonchev–Trinajstić information content (AvgIpc) is 2.68. The molecule has 4 N–H and O–H groups in total. The standard InChI is InChI=1S/C10H13FN4O3S/c11-8-7(1-3-13-9(8)15-12)10(16)14-6-2-4-19(17,18)5-6/h1,3,6H,2,4-5,12H2,(H,13,15)(H,14,16). The van der Waals surface area contributed by atoms with Gasteiger partial charge < -0.3 is 10.7 Å². The van der Waals surface area contributed by atoms with E-state index >= 15 is 0 Å². The van der Waals surface area contributed by atoms with Crippen molar-refractivity contribution >= 4 is 21.6 Å². The van der Waals surface area contributed by atoms with Gasteiger partial charge in [-0.1, -0.05) is 0 Å². The molecule has 0 aliphatic carbocycles. The Bertz CT molecular complexity index is 605. The summed E-state index contributed by atoms with van der Waals surface area (Å²) in [5.74, 6) is 3.17. The van der Waals surface area contributed by atoms with Crippen molar-refractivity contribution in [2.24, 2.45) is 5.84 Å². The average molecular weight is 288 g/mol. The summed E-state index contributed by atoms with van der Waals surface area (Å²) >= 11 is 0. The van der Waals surface area contributed by atoms with Crippen LogP contribution in [0.15, 0.2) is 12.3 Å². The molecule has 1 aromatic heterocycles. The zero-order valence-electron chi connectivity index (χ0n) is 9.89. The van der Waals surface area contributed by atoms with Gasteiger partial charge in [-0.25, -0.2) is 23.6 Å². The van der Waals surface area contributed by atoms with Gasteiger partial charge in [0.25, 0.3) is 5.91 Å². The molecule has 1 amide bonds. The second-order valence-corrected chi connectivity index (χ2v) is 6.47. The topological polar surface area (TPSA) is 114 Å². The Kier molecular flexibility index (Phi) is 3.67. The summed E-state index contributed by atoms with van der Waals surface area (Å²) in [4.78, 5) is 15.5. The first-order valence-corrected chi connectivity index (χ1v) is 7.37. The highest BCUT2D eigenvalue weighted by Crippen LogP contribution is 2.16. The molecule has 0 radical (unpaired) electrons. The lowest BCUT2D eigenvalue weighted by Gasteiger charge is -2.12. The zero-order chi connectivity index (χ0) is 14.0. The molecule has 2 heterocycles. The largest absolute Gasteiger partial charge is 0.348 e. The van der Waals surface area contributed by atoms with Gasteiger partial charge in [-0.3, -0.25) is 4.79 Å². The van der Waals surface area contributed by atoms with Gasteiger partial charge in [0.05, 0.1) is 17.1 Å². The number of amides is 1. The summed E-state index contributed by atoms with van der Waals surface area (Å²) in [5, 5.41) is 2.49. The number of aromatic nitrogens is 1. The Morgan fingerprint density at radius 2 is 2.26 bits per heavy atom. The van der Waals surface area contributed by atoms with Crippen LogP contribution in [0.25, 0.3) is 0 Å². The molecule has 1 fully saturated rings. The smallest absolute Gasteiger partial charge is 0.254 e. The van der Waals surface area contributed by atoms with E-state index in [2.05, 4.69) is 10.3 Å². The predicted octanol–water partition coefficient (Wildman–Crippen LogP) is -0.577. The molecule has 104 valence electrons. The number of pyridine rings is 1. The van der Waals surface area contributed by atoms with Crippen molar-refractivity contribution in [3.05, 3.63) is 23.6 Å². The van der Waals surface area contributed by atoms with E-state index in [-0.39, 0.29) is 22.9 Å². The first-order valence-electron chi connectivity index (χ1n) is 5.55. The summed E-state index contributed by atoms with van der Waals surface area (Å²) < 4.78 is 36.3. The molecule has 1 saturated heterocycles. The van der Waals surface area contributed by atoms with Crippen LogP contribution in [0, 0.1) is 5.82 Å². The van der Waals surface area contributed by atoms with Crippen LogP contribution in [0.4, 0.5) is 10.2 Å². The van der Waals surface area contributed by atoms with E-state index < -0.39 is 27.6 Å². The Morgan fingerprint density at radius 3 is 2.84 bits per heavy atom. The normalized spacial score (nSPS) is 21.1. The number of hydrogen-bond donors (Lipinski definition) is 3. The molecule has 0 bridgehead atoms. The van der Waals surface area contributed by atoms with Gasteiger partial charge in [-0.05, 0) is 12.5 Å². The number of nitrogens with two attached hydrogens (primary N) is 1. The number of carbonyl (C=O) groups is 1. The Balaban J connectivity index is 2.13. The number of halogens is 1. The summed E-state index contributed by atoms with van der Waals surface area (Å²) in [5.41, 5.74) is 1.81. The summed E-state index contributed by atoms with van der Waals surface area (Å²) in [6.07, 6.45) is 1.57. The Morgan fingerprint density at radius 1 is 1.53 bits per heavy atom. The molecule has 19 heavy (non-hydrogen) atoms. The van der Waals surface area contributed by atoms with Crippen molar-refractivity contribution in [2.45, 2.75) is 12.5 Å². The Labute approximate surface area is 109 Å². The van der Waals surface area contributed by atoms with Crippen molar-refractivity contribution < 1.29 is 17.6 Å². The molecule has 0 saturated carbocycles. The minimum Gasteiger partial charge on any atom is -0.348 e. The van der Waals surface area contributed by atoms with Crippen molar-refractivity contribution in [3.63, 3.8) is 0 Å². The lowest BCUT2D eigenvalue weighted by molar-refractivity contribution is 0.0937. The predicted molar refractivity (Wildman–Crippen MR) is 66.5 cm³/mol. The van der Waals surface area contributed by atoms with Crippen LogP contribution >= 0.6 is 0 Å². The van der Waals surface area contributed by atoms with E-state index in [1.807, 2.05) is 5.43 Å². The number of nitrogens with zero attached hydrogens (tertiary/aromatic N) is 1. The van der Waals surface area contributed by atoms with Gasteiger partial charge in [0, 0.05) is 12.2 Å². The van der Waals surface area contributed by atoms with E-state index in [1.165, 1.54) is 12.3 Å². The van der Waals surface area contributed by atoms with Gasteiger partial charge in [-0.15, -0.1) is 0 Å². The monoisotopic (exact) mass is 288 g/mol. The van der Waals surface area contributed by atoms with E-state index in [0.29, 0.717) is 6.42 Å². The van der Waals surface area contributed by atoms with Crippen LogP contribution < -0.4 is 16.6 Å². The van der Waals surface area contributed by atoms with E-state index in [0.717, 1.165) is 0 Å². The number of sulfone groups is 1. The van der Waals surface area contributed by atoms with E-state index in [4.69, 9.17) is 5.84 Å². The SMILES string of the molecule is NNc1nccc(C(=O)NC2CCS(=O)(=O)C2)c1F. The lowest BCUT2D eigenvalue weighted by Crippen LogP contribution is -2.36. The Hall–Kier alpha value is -1.74. The number of rotatable bonds is 3. The number of anilines is 1. The van der Waals surface area contributed by atoms with Gasteiger partial charge in [-0.2, -0.15) is 0 Å². The van der Waals surface area contributed by atoms with Crippen molar-refractivity contribution in [1.82, 2.24) is 10.3 Å². The van der Waals surface area contributed by atoms with Crippen LogP contribution in [-0.4, -0.2) is 36.9 Å². The molecule has 1 aliphatic rings. The molecule has 1 aromatic rings. The fraction of sp³-hybridized carbons (Fsp3) is 0.400. The van der Waals surface area contributed by atoms with Crippen LogP contribution in [0.1, 0.15) is 16.8 Å². The second kappa shape index (κ2) is 5.10. The van der Waals surface area contributed by atoms with Crippen LogP contribution in [0.2, 0.25) is 0 Å². The third kappa shape index (κ3) is 2.99. The summed E-state index contributed by atoms with van der Waals surface area (Å²) in [6.45, 7) is 0. The molecule has 1 aliphatic heterocycles. The van der Waals surface area contributed by atoms with E-state index in [9.17, 15) is 17.6 Å². The first-order chi connectivity index (χ1) is 8.93. The highest BCUT2D eigenvalue weighted by atomic mass is 32.2. The third-order valence-corrected chi connectivity index (χ3v) is 4.61. The molecule has 2 rings (SSSR count). The quantitative estimate of drug-likeness (QED) is 0.506. The minimum absolute atomic E-state index is 0.0341. The van der Waals surface area contributed by atoms with Crippen molar-refractivity contribution in [2.75, 3.05) is 16.9 Å². The number of hydrogen-bond acceptors (Lipinski definition) is 6. The second-order valence-electron chi connectivity index (χ2n) is 4.24. The van der Waals surface area contributed by atoms with Crippen LogP contribution in [0.3, 0.4) is 0 Å². The minimum atomic E-state index is -3.10. The van der Waals surface area contributed by atoms with E-state index in [1.54, 1.807) is 0 Å². The molecular weight excluding hydrogens is 275 g/mol. The van der Waals surface area contributed by atoms with Crippen molar-refractivity contribution in [1.29, 1.82) is 0 Å².